The molecule has 0 spiro atoms. The minimum atomic E-state index is -0.0173. The van der Waals surface area contributed by atoms with Crippen molar-refractivity contribution in [3.63, 3.8) is 0 Å². The number of likely N-dealkylation sites (N-methyl/N-ethyl adjacent to an activating group) is 1. The molecule has 0 N–H and O–H groups in total. The van der Waals surface area contributed by atoms with E-state index in [1.807, 2.05) is 63.4 Å². The number of hydrogen-bond donors (Lipinski definition) is 0. The van der Waals surface area contributed by atoms with E-state index >= 15 is 0 Å². The van der Waals surface area contributed by atoms with Gasteiger partial charge < -0.3 is 9.80 Å². The highest BCUT2D eigenvalue weighted by molar-refractivity contribution is 7.98. The van der Waals surface area contributed by atoms with Crippen LogP contribution in [-0.4, -0.2) is 63.3 Å². The number of thiazole rings is 1. The van der Waals surface area contributed by atoms with E-state index in [1.165, 1.54) is 4.90 Å². The van der Waals surface area contributed by atoms with Gasteiger partial charge in [0.05, 0.1) is 10.2 Å². The Kier molecular flexibility index (Phi) is 6.59. The fourth-order valence-electron chi connectivity index (χ4n) is 2.78. The SMILES string of the molecule is CSc1ccc2nc(N(CCN(C)C)C(=O)c3ccc(N(C)C)cc3)sc2c1. The molecule has 0 unspecified atom stereocenters. The van der Waals surface area contributed by atoms with E-state index in [-0.39, 0.29) is 5.91 Å². The number of carbonyl (C=O) groups excluding carboxylic acids is 1. The van der Waals surface area contributed by atoms with Gasteiger partial charge >= 0.3 is 0 Å². The van der Waals surface area contributed by atoms with Gasteiger partial charge in [-0.1, -0.05) is 11.3 Å². The van der Waals surface area contributed by atoms with Gasteiger partial charge in [-0.25, -0.2) is 4.98 Å². The van der Waals surface area contributed by atoms with Crippen LogP contribution in [0.3, 0.4) is 0 Å². The Morgan fingerprint density at radius 1 is 1.04 bits per heavy atom. The number of fused-ring (bicyclic) bond motifs is 1. The standard InChI is InChI=1S/C21H26N4OS2/c1-23(2)12-13-25(20(26)15-6-8-16(9-7-15)24(3)4)21-22-18-11-10-17(27-5)14-19(18)28-21/h6-11,14H,12-13H2,1-5H3. The second kappa shape index (κ2) is 8.94. The third-order valence-corrected chi connectivity index (χ3v) is 6.23. The van der Waals surface area contributed by atoms with Gasteiger partial charge in [0.1, 0.15) is 0 Å². The molecule has 0 bridgehead atoms. The lowest BCUT2D eigenvalue weighted by Gasteiger charge is -2.22. The van der Waals surface area contributed by atoms with Crippen molar-refractivity contribution < 1.29 is 4.79 Å². The predicted octanol–water partition coefficient (Wildman–Crippen LogP) is 4.29. The van der Waals surface area contributed by atoms with Crippen molar-refractivity contribution in [2.75, 3.05) is 57.3 Å². The molecule has 3 rings (SSSR count). The Morgan fingerprint density at radius 3 is 2.36 bits per heavy atom. The van der Waals surface area contributed by atoms with Crippen LogP contribution in [-0.2, 0) is 0 Å². The molecular weight excluding hydrogens is 388 g/mol. The molecule has 0 atom stereocenters. The predicted molar refractivity (Wildman–Crippen MR) is 122 cm³/mol. The zero-order valence-corrected chi connectivity index (χ0v) is 18.6. The van der Waals surface area contributed by atoms with Crippen LogP contribution in [0.1, 0.15) is 10.4 Å². The lowest BCUT2D eigenvalue weighted by atomic mass is 10.1. The quantitative estimate of drug-likeness (QED) is 0.539. The number of carbonyl (C=O) groups is 1. The molecule has 28 heavy (non-hydrogen) atoms. The van der Waals surface area contributed by atoms with Gasteiger partial charge in [-0.05, 0) is 62.8 Å². The normalized spacial score (nSPS) is 11.2. The van der Waals surface area contributed by atoms with Gasteiger partial charge in [0, 0.05) is 43.3 Å². The maximum Gasteiger partial charge on any atom is 0.260 e. The zero-order chi connectivity index (χ0) is 20.3. The molecule has 0 radical (unpaired) electrons. The van der Waals surface area contributed by atoms with Crippen molar-refractivity contribution in [3.05, 3.63) is 48.0 Å². The number of benzene rings is 2. The van der Waals surface area contributed by atoms with E-state index in [9.17, 15) is 4.79 Å². The molecule has 1 aromatic heterocycles. The Labute approximate surface area is 175 Å². The molecule has 2 aromatic carbocycles. The third kappa shape index (κ3) is 4.66. The van der Waals surface area contributed by atoms with E-state index < -0.39 is 0 Å². The number of hydrogen-bond acceptors (Lipinski definition) is 6. The second-order valence-corrected chi connectivity index (χ2v) is 8.92. The highest BCUT2D eigenvalue weighted by Crippen LogP contribution is 2.32. The largest absolute Gasteiger partial charge is 0.378 e. The van der Waals surface area contributed by atoms with Crippen LogP contribution < -0.4 is 9.80 Å². The Bertz CT molecular complexity index is 951. The highest BCUT2D eigenvalue weighted by atomic mass is 32.2. The van der Waals surface area contributed by atoms with Crippen LogP contribution in [0.15, 0.2) is 47.4 Å². The first-order chi connectivity index (χ1) is 13.4. The van der Waals surface area contributed by atoms with Gasteiger partial charge in [-0.2, -0.15) is 0 Å². The summed E-state index contributed by atoms with van der Waals surface area (Å²) in [6, 6.07) is 14.0. The highest BCUT2D eigenvalue weighted by Gasteiger charge is 2.21. The minimum absolute atomic E-state index is 0.0173. The topological polar surface area (TPSA) is 39.7 Å². The molecule has 5 nitrogen and oxygen atoms in total. The van der Waals surface area contributed by atoms with Crippen molar-refractivity contribution >= 4 is 50.0 Å². The van der Waals surface area contributed by atoms with Gasteiger partial charge in [0.25, 0.3) is 5.91 Å². The summed E-state index contributed by atoms with van der Waals surface area (Å²) in [5.41, 5.74) is 2.68. The fraction of sp³-hybridized carbons (Fsp3) is 0.333. The first-order valence-electron chi connectivity index (χ1n) is 9.07. The van der Waals surface area contributed by atoms with Gasteiger partial charge in [0.2, 0.25) is 0 Å². The molecule has 1 heterocycles. The van der Waals surface area contributed by atoms with Crippen LogP contribution in [0.4, 0.5) is 10.8 Å². The van der Waals surface area contributed by atoms with E-state index in [0.717, 1.165) is 27.6 Å². The van der Waals surface area contributed by atoms with Gasteiger partial charge in [-0.3, -0.25) is 9.69 Å². The van der Waals surface area contributed by atoms with Crippen molar-refractivity contribution in [2.24, 2.45) is 0 Å². The van der Waals surface area contributed by atoms with Crippen molar-refractivity contribution in [1.29, 1.82) is 0 Å². The maximum atomic E-state index is 13.3. The molecule has 0 aliphatic rings. The van der Waals surface area contributed by atoms with Crippen molar-refractivity contribution in [2.45, 2.75) is 4.90 Å². The lowest BCUT2D eigenvalue weighted by molar-refractivity contribution is 0.0985. The first-order valence-corrected chi connectivity index (χ1v) is 11.1. The Morgan fingerprint density at radius 2 is 1.75 bits per heavy atom. The summed E-state index contributed by atoms with van der Waals surface area (Å²) in [7, 11) is 8.00. The van der Waals surface area contributed by atoms with Crippen LogP contribution in [0.2, 0.25) is 0 Å². The molecule has 3 aromatic rings. The average molecular weight is 415 g/mol. The lowest BCUT2D eigenvalue weighted by Crippen LogP contribution is -2.36. The van der Waals surface area contributed by atoms with E-state index in [4.69, 9.17) is 4.98 Å². The van der Waals surface area contributed by atoms with Crippen LogP contribution in [0.25, 0.3) is 10.2 Å². The summed E-state index contributed by atoms with van der Waals surface area (Å²) >= 11 is 3.28. The van der Waals surface area contributed by atoms with Gasteiger partial charge in [-0.15, -0.1) is 11.8 Å². The summed E-state index contributed by atoms with van der Waals surface area (Å²) in [6.45, 7) is 1.37. The maximum absolute atomic E-state index is 13.3. The molecular formula is C21H26N4OS2. The average Bonchev–Trinajstić information content (AvgIpc) is 3.10. The summed E-state index contributed by atoms with van der Waals surface area (Å²) in [5.74, 6) is -0.0173. The van der Waals surface area contributed by atoms with Gasteiger partial charge in [0.15, 0.2) is 5.13 Å². The summed E-state index contributed by atoms with van der Waals surface area (Å²) in [5, 5.41) is 0.747. The van der Waals surface area contributed by atoms with E-state index in [1.54, 1.807) is 28.0 Å². The van der Waals surface area contributed by atoms with Crippen LogP contribution in [0.5, 0.6) is 0 Å². The summed E-state index contributed by atoms with van der Waals surface area (Å²) in [4.78, 5) is 25.1. The van der Waals surface area contributed by atoms with Crippen LogP contribution >= 0.6 is 23.1 Å². The summed E-state index contributed by atoms with van der Waals surface area (Å²) in [6.07, 6.45) is 2.06. The smallest absolute Gasteiger partial charge is 0.260 e. The molecule has 7 heteroatoms. The molecule has 0 saturated carbocycles. The Hall–Kier alpha value is -2.09. The summed E-state index contributed by atoms with van der Waals surface area (Å²) < 4.78 is 1.10. The molecule has 148 valence electrons. The number of nitrogens with zero attached hydrogens (tertiary/aromatic N) is 4. The van der Waals surface area contributed by atoms with E-state index in [0.29, 0.717) is 12.1 Å². The van der Waals surface area contributed by atoms with Crippen molar-refractivity contribution in [1.82, 2.24) is 9.88 Å². The van der Waals surface area contributed by atoms with Crippen molar-refractivity contribution in [3.8, 4) is 0 Å². The van der Waals surface area contributed by atoms with Crippen LogP contribution in [0, 0.1) is 0 Å². The second-order valence-electron chi connectivity index (χ2n) is 7.03. The minimum Gasteiger partial charge on any atom is -0.378 e. The monoisotopic (exact) mass is 414 g/mol. The number of thioether (sulfide) groups is 1. The molecule has 0 aliphatic heterocycles. The number of rotatable bonds is 7. The van der Waals surface area contributed by atoms with E-state index in [2.05, 4.69) is 23.3 Å². The number of aromatic nitrogens is 1. The first kappa shape index (κ1) is 20.6. The third-order valence-electron chi connectivity index (χ3n) is 4.46. The Balaban J connectivity index is 1.94. The molecule has 0 saturated heterocycles. The number of amides is 1. The fourth-order valence-corrected chi connectivity index (χ4v) is 4.32. The molecule has 0 aliphatic carbocycles. The number of anilines is 2. The molecule has 1 amide bonds. The molecule has 0 fully saturated rings. The zero-order valence-electron chi connectivity index (χ0n) is 17.0.